The van der Waals surface area contributed by atoms with Crippen molar-refractivity contribution in [3.8, 4) is 11.5 Å². The second-order valence-corrected chi connectivity index (χ2v) is 6.82. The van der Waals surface area contributed by atoms with Gasteiger partial charge in [0.15, 0.2) is 5.78 Å². The normalized spacial score (nSPS) is 21.8. The number of ketones is 1. The van der Waals surface area contributed by atoms with Gasteiger partial charge in [-0.05, 0) is 77.3 Å². The van der Waals surface area contributed by atoms with Crippen molar-refractivity contribution < 1.29 is 14.3 Å². The predicted octanol–water partition coefficient (Wildman–Crippen LogP) is 4.41. The Morgan fingerprint density at radius 3 is 2.36 bits per heavy atom. The van der Waals surface area contributed by atoms with Crippen molar-refractivity contribution in [3.63, 3.8) is 0 Å². The molecule has 0 aromatic heterocycles. The third-order valence-corrected chi connectivity index (χ3v) is 5.51. The van der Waals surface area contributed by atoms with Crippen molar-refractivity contribution in [1.29, 1.82) is 0 Å². The van der Waals surface area contributed by atoms with Crippen molar-refractivity contribution in [2.45, 2.75) is 25.2 Å². The number of fused-ring (bicyclic) bond motifs is 3. The molecular weight excluding hydrogens is 312 g/mol. The van der Waals surface area contributed by atoms with Gasteiger partial charge in [0.25, 0.3) is 0 Å². The van der Waals surface area contributed by atoms with Crippen LogP contribution in [0.4, 0.5) is 0 Å². The first-order chi connectivity index (χ1) is 12.2. The molecule has 0 bridgehead atoms. The van der Waals surface area contributed by atoms with Gasteiger partial charge in [-0.3, -0.25) is 4.79 Å². The van der Waals surface area contributed by atoms with Gasteiger partial charge < -0.3 is 9.47 Å². The molecule has 0 amide bonds. The Morgan fingerprint density at radius 2 is 1.64 bits per heavy atom. The van der Waals surface area contributed by atoms with E-state index in [0.717, 1.165) is 24.3 Å². The van der Waals surface area contributed by atoms with Crippen molar-refractivity contribution in [2.24, 2.45) is 5.92 Å². The van der Waals surface area contributed by atoms with Crippen LogP contribution >= 0.6 is 0 Å². The smallest absolute Gasteiger partial charge is 0.156 e. The number of aryl methyl sites for hydroxylation is 1. The third kappa shape index (κ3) is 2.84. The molecule has 4 rings (SSSR count). The van der Waals surface area contributed by atoms with Gasteiger partial charge in [-0.25, -0.2) is 0 Å². The van der Waals surface area contributed by atoms with E-state index in [1.165, 1.54) is 22.3 Å². The molecule has 0 unspecified atom stereocenters. The van der Waals surface area contributed by atoms with Crippen LogP contribution in [0, 0.1) is 5.92 Å². The Balaban J connectivity index is 1.72. The van der Waals surface area contributed by atoms with E-state index in [1.807, 2.05) is 24.3 Å². The number of benzene rings is 2. The van der Waals surface area contributed by atoms with Crippen LogP contribution < -0.4 is 9.47 Å². The van der Waals surface area contributed by atoms with Gasteiger partial charge in [0.05, 0.1) is 14.2 Å². The molecule has 0 heterocycles. The van der Waals surface area contributed by atoms with Crippen LogP contribution in [-0.4, -0.2) is 20.0 Å². The number of rotatable bonds is 3. The highest BCUT2D eigenvalue weighted by molar-refractivity contribution is 6.00. The minimum absolute atomic E-state index is 0.218. The summed E-state index contributed by atoms with van der Waals surface area (Å²) in [5, 5.41) is 0. The number of ether oxygens (including phenoxy) is 2. The van der Waals surface area contributed by atoms with Gasteiger partial charge >= 0.3 is 0 Å². The first kappa shape index (κ1) is 15.9. The molecule has 2 aliphatic rings. The maximum Gasteiger partial charge on any atom is 0.156 e. The van der Waals surface area contributed by atoms with Crippen LogP contribution in [0.25, 0.3) is 5.57 Å². The molecule has 0 saturated carbocycles. The summed E-state index contributed by atoms with van der Waals surface area (Å²) in [5.74, 6) is 2.59. The monoisotopic (exact) mass is 334 g/mol. The highest BCUT2D eigenvalue weighted by Crippen LogP contribution is 2.48. The first-order valence-corrected chi connectivity index (χ1v) is 8.75. The number of hydrogen-bond donors (Lipinski definition) is 0. The topological polar surface area (TPSA) is 35.5 Å². The number of carbonyl (C=O) groups is 1. The summed E-state index contributed by atoms with van der Waals surface area (Å²) < 4.78 is 10.6. The van der Waals surface area contributed by atoms with Crippen LogP contribution in [0.15, 0.2) is 48.5 Å². The molecular formula is C22H22O3. The summed E-state index contributed by atoms with van der Waals surface area (Å²) in [6.07, 6.45) is 4.55. The third-order valence-electron chi connectivity index (χ3n) is 5.51. The van der Waals surface area contributed by atoms with Gasteiger partial charge in [0.2, 0.25) is 0 Å². The Kier molecular flexibility index (Phi) is 4.08. The standard InChI is InChI=1S/C22H22O3/c1-24-17-6-3-14(4-7-17)21-12-16(23)13-22-19-10-8-18(25-2)11-15(19)5-9-20(21)22/h3-4,6-8,10-11,13,20-21H,5,9,12H2,1-2H3/t20-,21+/m1/s1. The average molecular weight is 334 g/mol. The van der Waals surface area contributed by atoms with E-state index in [9.17, 15) is 4.79 Å². The highest BCUT2D eigenvalue weighted by Gasteiger charge is 2.36. The highest BCUT2D eigenvalue weighted by atomic mass is 16.5. The lowest BCUT2D eigenvalue weighted by Crippen LogP contribution is -2.26. The Bertz CT molecular complexity index is 833. The Labute approximate surface area is 148 Å². The molecule has 3 heteroatoms. The fourth-order valence-electron chi connectivity index (χ4n) is 4.25. The number of allylic oxidation sites excluding steroid dienone is 2. The quantitative estimate of drug-likeness (QED) is 0.834. The van der Waals surface area contributed by atoms with E-state index in [0.29, 0.717) is 12.3 Å². The van der Waals surface area contributed by atoms with E-state index in [1.54, 1.807) is 14.2 Å². The fraction of sp³-hybridized carbons (Fsp3) is 0.318. The van der Waals surface area contributed by atoms with Crippen LogP contribution in [0.1, 0.15) is 35.4 Å². The Hall–Kier alpha value is -2.55. The van der Waals surface area contributed by atoms with Gasteiger partial charge in [-0.15, -0.1) is 0 Å². The predicted molar refractivity (Wildman–Crippen MR) is 98.1 cm³/mol. The number of methoxy groups -OCH3 is 2. The summed E-state index contributed by atoms with van der Waals surface area (Å²) in [7, 11) is 3.36. The molecule has 0 N–H and O–H groups in total. The largest absolute Gasteiger partial charge is 0.497 e. The lowest BCUT2D eigenvalue weighted by molar-refractivity contribution is -0.115. The molecule has 25 heavy (non-hydrogen) atoms. The average Bonchev–Trinajstić information content (AvgIpc) is 2.66. The summed E-state index contributed by atoms with van der Waals surface area (Å²) >= 11 is 0. The minimum atomic E-state index is 0.218. The van der Waals surface area contributed by atoms with Gasteiger partial charge in [-0.1, -0.05) is 18.2 Å². The second-order valence-electron chi connectivity index (χ2n) is 6.82. The molecule has 2 aromatic carbocycles. The zero-order valence-corrected chi connectivity index (χ0v) is 14.6. The van der Waals surface area contributed by atoms with E-state index in [-0.39, 0.29) is 11.7 Å². The molecule has 0 fully saturated rings. The van der Waals surface area contributed by atoms with E-state index in [4.69, 9.17) is 9.47 Å². The summed E-state index contributed by atoms with van der Waals surface area (Å²) in [6, 6.07) is 14.4. The zero-order valence-electron chi connectivity index (χ0n) is 14.6. The van der Waals surface area contributed by atoms with Gasteiger partial charge in [-0.2, -0.15) is 0 Å². The number of hydrogen-bond acceptors (Lipinski definition) is 3. The molecule has 0 saturated heterocycles. The SMILES string of the molecule is COc1ccc([C@@H]2CC(=O)C=C3c4ccc(OC)cc4CC[C@@H]32)cc1. The van der Waals surface area contributed by atoms with Crippen molar-refractivity contribution in [1.82, 2.24) is 0 Å². The summed E-state index contributed by atoms with van der Waals surface area (Å²) in [4.78, 5) is 12.4. The van der Waals surface area contributed by atoms with Gasteiger partial charge in [0.1, 0.15) is 11.5 Å². The van der Waals surface area contributed by atoms with Crippen molar-refractivity contribution in [2.75, 3.05) is 14.2 Å². The molecule has 3 nitrogen and oxygen atoms in total. The Morgan fingerprint density at radius 1 is 0.920 bits per heavy atom. The van der Waals surface area contributed by atoms with E-state index >= 15 is 0 Å². The van der Waals surface area contributed by atoms with E-state index < -0.39 is 0 Å². The van der Waals surface area contributed by atoms with E-state index in [2.05, 4.69) is 24.3 Å². The maximum atomic E-state index is 12.4. The lowest BCUT2D eigenvalue weighted by Gasteiger charge is -2.37. The zero-order chi connectivity index (χ0) is 17.4. The molecule has 0 aliphatic heterocycles. The summed E-state index contributed by atoms with van der Waals surface area (Å²) in [5.41, 5.74) is 4.91. The minimum Gasteiger partial charge on any atom is -0.497 e. The molecule has 2 aliphatic carbocycles. The van der Waals surface area contributed by atoms with Crippen molar-refractivity contribution in [3.05, 3.63) is 65.2 Å². The van der Waals surface area contributed by atoms with Gasteiger partial charge in [0, 0.05) is 6.42 Å². The summed E-state index contributed by atoms with van der Waals surface area (Å²) in [6.45, 7) is 0. The van der Waals surface area contributed by atoms with Crippen molar-refractivity contribution >= 4 is 11.4 Å². The molecule has 0 spiro atoms. The van der Waals surface area contributed by atoms with Crippen LogP contribution in [-0.2, 0) is 11.2 Å². The first-order valence-electron chi connectivity index (χ1n) is 8.75. The molecule has 2 atom stereocenters. The van der Waals surface area contributed by atoms with Crippen LogP contribution in [0.3, 0.4) is 0 Å². The maximum absolute atomic E-state index is 12.4. The van der Waals surface area contributed by atoms with Crippen LogP contribution in [0.5, 0.6) is 11.5 Å². The fourth-order valence-corrected chi connectivity index (χ4v) is 4.25. The van der Waals surface area contributed by atoms with Crippen LogP contribution in [0.2, 0.25) is 0 Å². The molecule has 2 aromatic rings. The molecule has 128 valence electrons. The second kappa shape index (κ2) is 6.40. The molecule has 0 radical (unpaired) electrons. The lowest BCUT2D eigenvalue weighted by atomic mass is 9.67. The number of carbonyl (C=O) groups excluding carboxylic acids is 1.